The topological polar surface area (TPSA) is 53.1 Å². The summed E-state index contributed by atoms with van der Waals surface area (Å²) in [6.45, 7) is 2.15. The Morgan fingerprint density at radius 1 is 0.943 bits per heavy atom. The van der Waals surface area contributed by atoms with E-state index in [1.807, 2.05) is 37.6 Å². The third kappa shape index (κ3) is 6.00. The lowest BCUT2D eigenvalue weighted by Gasteiger charge is -2.29. The van der Waals surface area contributed by atoms with Crippen LogP contribution < -0.4 is 15.5 Å². The fourth-order valence-corrected chi connectivity index (χ4v) is 5.91. The molecule has 5 rings (SSSR count). The standard InChI is InChI=1S/C29H35N5S/c1-34(2)28-25-10-6-7-11-26(25)32-29(33-28)31-24-14-12-21(13-15-24)19-30-17-16-22-18-27(35-20-22)23-8-4-3-5-9-23/h3-11,18,20-21,24,30H,12-17,19H2,1-2H3,(H,31,32,33). The summed E-state index contributed by atoms with van der Waals surface area (Å²) < 4.78 is 0. The molecule has 0 unspecified atom stereocenters. The van der Waals surface area contributed by atoms with Gasteiger partial charge in [0.25, 0.3) is 0 Å². The molecule has 1 aliphatic rings. The second kappa shape index (κ2) is 11.2. The predicted octanol–water partition coefficient (Wildman–Crippen LogP) is 6.23. The number of hydrogen-bond donors (Lipinski definition) is 2. The molecule has 0 bridgehead atoms. The molecule has 2 heterocycles. The molecule has 0 amide bonds. The Hall–Kier alpha value is -2.96. The van der Waals surface area contributed by atoms with E-state index in [0.717, 1.165) is 48.1 Å². The minimum atomic E-state index is 0.449. The van der Waals surface area contributed by atoms with Crippen LogP contribution in [-0.4, -0.2) is 43.2 Å². The monoisotopic (exact) mass is 485 g/mol. The zero-order valence-electron chi connectivity index (χ0n) is 20.7. The highest BCUT2D eigenvalue weighted by Crippen LogP contribution is 2.29. The minimum absolute atomic E-state index is 0.449. The first kappa shape index (κ1) is 23.8. The molecular formula is C29H35N5S. The summed E-state index contributed by atoms with van der Waals surface area (Å²) in [6.07, 6.45) is 5.92. The van der Waals surface area contributed by atoms with Crippen LogP contribution in [0.4, 0.5) is 11.8 Å². The van der Waals surface area contributed by atoms with Crippen molar-refractivity contribution in [1.29, 1.82) is 0 Å². The van der Waals surface area contributed by atoms with Gasteiger partial charge in [-0.15, -0.1) is 11.3 Å². The van der Waals surface area contributed by atoms with Crippen LogP contribution in [0.25, 0.3) is 21.3 Å². The molecule has 1 saturated carbocycles. The zero-order valence-corrected chi connectivity index (χ0v) is 21.5. The number of anilines is 2. The molecule has 0 atom stereocenters. The van der Waals surface area contributed by atoms with Gasteiger partial charge in [0.2, 0.25) is 5.95 Å². The molecule has 0 saturated heterocycles. The molecule has 0 spiro atoms. The first-order valence-corrected chi connectivity index (χ1v) is 13.6. The number of nitrogens with one attached hydrogen (secondary N) is 2. The maximum Gasteiger partial charge on any atom is 0.225 e. The number of benzene rings is 2. The third-order valence-electron chi connectivity index (χ3n) is 6.92. The zero-order chi connectivity index (χ0) is 24.0. The summed E-state index contributed by atoms with van der Waals surface area (Å²) in [6, 6.07) is 21.7. The van der Waals surface area contributed by atoms with Crippen LogP contribution in [0.1, 0.15) is 31.2 Å². The Kier molecular flexibility index (Phi) is 7.60. The van der Waals surface area contributed by atoms with Crippen molar-refractivity contribution in [3.63, 3.8) is 0 Å². The molecule has 182 valence electrons. The summed E-state index contributed by atoms with van der Waals surface area (Å²) in [5.41, 5.74) is 3.74. The Labute approximate surface area is 212 Å². The van der Waals surface area contributed by atoms with Crippen molar-refractivity contribution in [3.05, 3.63) is 71.6 Å². The lowest BCUT2D eigenvalue weighted by Crippen LogP contribution is -2.32. The molecule has 1 aliphatic carbocycles. The molecule has 4 aromatic rings. The minimum Gasteiger partial charge on any atom is -0.362 e. The highest BCUT2D eigenvalue weighted by atomic mass is 32.1. The smallest absolute Gasteiger partial charge is 0.225 e. The first-order chi connectivity index (χ1) is 17.2. The van der Waals surface area contributed by atoms with Gasteiger partial charge in [-0.2, -0.15) is 4.98 Å². The van der Waals surface area contributed by atoms with E-state index in [2.05, 4.69) is 69.4 Å². The number of rotatable bonds is 9. The number of thiophene rings is 1. The van der Waals surface area contributed by atoms with Crippen LogP contribution in [0.3, 0.4) is 0 Å². The summed E-state index contributed by atoms with van der Waals surface area (Å²) >= 11 is 1.84. The quantitative estimate of drug-likeness (QED) is 0.275. The SMILES string of the molecule is CN(C)c1nc(NC2CCC(CNCCc3csc(-c4ccccc4)c3)CC2)nc2ccccc12. The first-order valence-electron chi connectivity index (χ1n) is 12.7. The second-order valence-corrected chi connectivity index (χ2v) is 10.7. The fraction of sp³-hybridized carbons (Fsp3) is 0.379. The molecule has 6 heteroatoms. The van der Waals surface area contributed by atoms with E-state index in [-0.39, 0.29) is 0 Å². The van der Waals surface area contributed by atoms with Crippen molar-refractivity contribution < 1.29 is 0 Å². The van der Waals surface area contributed by atoms with E-state index >= 15 is 0 Å². The maximum absolute atomic E-state index is 4.82. The van der Waals surface area contributed by atoms with E-state index in [9.17, 15) is 0 Å². The van der Waals surface area contributed by atoms with Crippen LogP contribution in [0.2, 0.25) is 0 Å². The molecule has 5 nitrogen and oxygen atoms in total. The highest BCUT2D eigenvalue weighted by Gasteiger charge is 2.22. The van der Waals surface area contributed by atoms with Crippen molar-refractivity contribution in [2.24, 2.45) is 5.92 Å². The van der Waals surface area contributed by atoms with E-state index in [0.29, 0.717) is 6.04 Å². The lowest BCUT2D eigenvalue weighted by molar-refractivity contribution is 0.325. The summed E-state index contributed by atoms with van der Waals surface area (Å²) in [5.74, 6) is 2.47. The van der Waals surface area contributed by atoms with Crippen molar-refractivity contribution in [3.8, 4) is 10.4 Å². The molecule has 2 aromatic carbocycles. The fourth-order valence-electron chi connectivity index (χ4n) is 4.96. The molecule has 0 aliphatic heterocycles. The van der Waals surface area contributed by atoms with E-state index in [1.165, 1.54) is 41.7 Å². The van der Waals surface area contributed by atoms with Crippen molar-refractivity contribution in [1.82, 2.24) is 15.3 Å². The third-order valence-corrected chi connectivity index (χ3v) is 7.95. The summed E-state index contributed by atoms with van der Waals surface area (Å²) in [5, 5.41) is 10.7. The predicted molar refractivity (Wildman–Crippen MR) is 150 cm³/mol. The number of hydrogen-bond acceptors (Lipinski definition) is 6. The average molecular weight is 486 g/mol. The van der Waals surface area contributed by atoms with E-state index < -0.39 is 0 Å². The second-order valence-electron chi connectivity index (χ2n) is 9.78. The average Bonchev–Trinajstić information content (AvgIpc) is 3.36. The molecule has 0 radical (unpaired) electrons. The molecule has 1 fully saturated rings. The van der Waals surface area contributed by atoms with Crippen LogP contribution in [0.5, 0.6) is 0 Å². The maximum atomic E-state index is 4.82. The number of aromatic nitrogens is 2. The molecule has 35 heavy (non-hydrogen) atoms. The number of fused-ring (bicyclic) bond motifs is 1. The van der Waals surface area contributed by atoms with Gasteiger partial charge >= 0.3 is 0 Å². The van der Waals surface area contributed by atoms with E-state index in [4.69, 9.17) is 9.97 Å². The molecule has 2 aromatic heterocycles. The summed E-state index contributed by atoms with van der Waals surface area (Å²) in [4.78, 5) is 13.0. The highest BCUT2D eigenvalue weighted by molar-refractivity contribution is 7.13. The van der Waals surface area contributed by atoms with E-state index in [1.54, 1.807) is 0 Å². The van der Waals surface area contributed by atoms with Crippen LogP contribution in [-0.2, 0) is 6.42 Å². The van der Waals surface area contributed by atoms with Crippen LogP contribution in [0, 0.1) is 5.92 Å². The van der Waals surface area contributed by atoms with Crippen molar-refractivity contribution >= 4 is 34.0 Å². The summed E-state index contributed by atoms with van der Waals surface area (Å²) in [7, 11) is 4.08. The normalized spacial score (nSPS) is 18.0. The Morgan fingerprint density at radius 2 is 1.71 bits per heavy atom. The largest absolute Gasteiger partial charge is 0.362 e. The van der Waals surface area contributed by atoms with Gasteiger partial charge in [0.05, 0.1) is 5.52 Å². The van der Waals surface area contributed by atoms with Gasteiger partial charge in [0, 0.05) is 30.4 Å². The lowest BCUT2D eigenvalue weighted by atomic mass is 9.86. The van der Waals surface area contributed by atoms with Gasteiger partial charge in [-0.05, 0) is 85.8 Å². The molecular weight excluding hydrogens is 450 g/mol. The Morgan fingerprint density at radius 3 is 2.51 bits per heavy atom. The van der Waals surface area contributed by atoms with Gasteiger partial charge in [0.1, 0.15) is 5.82 Å². The van der Waals surface area contributed by atoms with Crippen LogP contribution in [0.15, 0.2) is 66.0 Å². The molecule has 2 N–H and O–H groups in total. The van der Waals surface area contributed by atoms with Crippen molar-refractivity contribution in [2.45, 2.75) is 38.1 Å². The van der Waals surface area contributed by atoms with Gasteiger partial charge in [-0.3, -0.25) is 0 Å². The Bertz CT molecular complexity index is 1230. The van der Waals surface area contributed by atoms with Gasteiger partial charge in [-0.25, -0.2) is 4.98 Å². The van der Waals surface area contributed by atoms with Crippen molar-refractivity contribution in [2.75, 3.05) is 37.4 Å². The number of para-hydroxylation sites is 1. The number of nitrogens with zero attached hydrogens (tertiary/aromatic N) is 3. The van der Waals surface area contributed by atoms with Gasteiger partial charge < -0.3 is 15.5 Å². The van der Waals surface area contributed by atoms with Gasteiger partial charge in [-0.1, -0.05) is 42.5 Å². The van der Waals surface area contributed by atoms with Gasteiger partial charge in [0.15, 0.2) is 0 Å². The Balaban J connectivity index is 1.06. The van der Waals surface area contributed by atoms with Crippen LogP contribution >= 0.6 is 11.3 Å².